The summed E-state index contributed by atoms with van der Waals surface area (Å²) in [6, 6.07) is 18.6. The molecule has 0 saturated heterocycles. The van der Waals surface area contributed by atoms with E-state index in [4.69, 9.17) is 0 Å². The third-order valence-corrected chi connectivity index (χ3v) is 25.8. The predicted octanol–water partition coefficient (Wildman–Crippen LogP) is 8.91. The topological polar surface area (TPSA) is 0 Å². The number of benzene rings is 2. The predicted molar refractivity (Wildman–Crippen MR) is 156 cm³/mol. The van der Waals surface area contributed by atoms with Crippen LogP contribution in [0.5, 0.6) is 0 Å². The summed E-state index contributed by atoms with van der Waals surface area (Å²) >= 11 is -3.34. The van der Waals surface area contributed by atoms with E-state index >= 15 is 0 Å². The van der Waals surface area contributed by atoms with Crippen LogP contribution in [0.3, 0.4) is 0 Å². The van der Waals surface area contributed by atoms with Crippen LogP contribution in [0.25, 0.3) is 5.57 Å². The Kier molecular flexibility index (Phi) is 8.40. The molecule has 2 aromatic carbocycles. The van der Waals surface area contributed by atoms with Crippen molar-refractivity contribution in [3.63, 3.8) is 0 Å². The van der Waals surface area contributed by atoms with Crippen LogP contribution in [0, 0.1) is 5.92 Å². The van der Waals surface area contributed by atoms with Gasteiger partial charge in [0.15, 0.2) is 0 Å². The van der Waals surface area contributed by atoms with Gasteiger partial charge in [-0.3, -0.25) is 0 Å². The second-order valence-electron chi connectivity index (χ2n) is 12.4. The first-order valence-electron chi connectivity index (χ1n) is 12.1. The maximum absolute atomic E-state index is 3.34. The van der Waals surface area contributed by atoms with Crippen molar-refractivity contribution in [2.75, 3.05) is 0 Å². The second kappa shape index (κ2) is 9.66. The van der Waals surface area contributed by atoms with Crippen LogP contribution in [0.4, 0.5) is 0 Å². The summed E-state index contributed by atoms with van der Waals surface area (Å²) in [5.74, 6) is 0.587. The molecule has 2 aliphatic rings. The molecule has 4 rings (SSSR count). The molecule has 0 heterocycles. The molecule has 0 aromatic heterocycles. The summed E-state index contributed by atoms with van der Waals surface area (Å²) < 4.78 is 7.77. The van der Waals surface area contributed by atoms with Gasteiger partial charge in [0.1, 0.15) is 0 Å². The van der Waals surface area contributed by atoms with Crippen molar-refractivity contribution in [2.45, 2.75) is 66.8 Å². The van der Waals surface area contributed by atoms with Crippen LogP contribution in [-0.4, -0.2) is 6.88 Å². The molecule has 4 heteroatoms. The van der Waals surface area contributed by atoms with Gasteiger partial charge in [-0.25, -0.2) is 0 Å². The Bertz CT molecular complexity index is 1260. The average molecular weight is 593 g/mol. The van der Waals surface area contributed by atoms with Crippen LogP contribution < -0.4 is 0 Å². The van der Waals surface area contributed by atoms with Crippen molar-refractivity contribution in [1.82, 2.24) is 0 Å². The van der Waals surface area contributed by atoms with E-state index in [1.54, 1.807) is 16.7 Å². The fourth-order valence-corrected chi connectivity index (χ4v) is 24.9. The molecule has 0 amide bonds. The number of rotatable bonds is 3. The summed E-state index contributed by atoms with van der Waals surface area (Å²) in [6.45, 7) is 18.8. The van der Waals surface area contributed by atoms with Gasteiger partial charge in [0.05, 0.1) is 0 Å². The average Bonchev–Trinajstić information content (AvgIpc) is 3.20. The minimum atomic E-state index is -3.34. The molecule has 2 aliphatic carbocycles. The smallest absolute Gasteiger partial charge is 0.147 e. The second-order valence-corrected chi connectivity index (χ2v) is 41.9. The fraction of sp³-hybridized carbons (Fsp3) is 0.400. The minimum absolute atomic E-state index is 0. The zero-order valence-corrected chi connectivity index (χ0v) is 27.9. The number of fused-ring (bicyclic) bond motifs is 1. The van der Waals surface area contributed by atoms with Crippen LogP contribution in [0.1, 0.15) is 74.3 Å². The van der Waals surface area contributed by atoms with Gasteiger partial charge < -0.3 is 0 Å². The van der Waals surface area contributed by atoms with Crippen molar-refractivity contribution in [1.29, 1.82) is 0 Å². The molecule has 0 spiro atoms. The maximum atomic E-state index is 2.70. The molecule has 2 unspecified atom stereocenters. The monoisotopic (exact) mass is 590 g/mol. The Balaban J connectivity index is 0.00000204. The van der Waals surface area contributed by atoms with Crippen LogP contribution in [-0.2, 0) is 22.8 Å². The molecule has 0 bridgehead atoms. The van der Waals surface area contributed by atoms with E-state index in [-0.39, 0.29) is 30.2 Å². The zero-order chi connectivity index (χ0) is 23.7. The van der Waals surface area contributed by atoms with Gasteiger partial charge in [0, 0.05) is 0 Å². The zero-order valence-electron chi connectivity index (χ0n) is 22.4. The van der Waals surface area contributed by atoms with Crippen molar-refractivity contribution in [3.05, 3.63) is 96.9 Å². The van der Waals surface area contributed by atoms with Gasteiger partial charge in [-0.2, -0.15) is 0 Å². The van der Waals surface area contributed by atoms with E-state index in [0.717, 1.165) is 0 Å². The summed E-state index contributed by atoms with van der Waals surface area (Å²) in [5.41, 5.74) is 12.1. The Morgan fingerprint density at radius 2 is 1.38 bits per heavy atom. The first kappa shape index (κ1) is 29.6. The Morgan fingerprint density at radius 1 is 0.824 bits per heavy atom. The van der Waals surface area contributed by atoms with Gasteiger partial charge in [-0.1, -0.05) is 0 Å². The third-order valence-electron chi connectivity index (χ3n) is 8.50. The largest absolute Gasteiger partial charge is 0.147 e. The molecule has 34 heavy (non-hydrogen) atoms. The quantitative estimate of drug-likeness (QED) is 0.312. The Labute approximate surface area is 222 Å². The molecule has 0 saturated carbocycles. The SMILES string of the molecule is CC1=C(C)C(C)[C]([Zr]([CH3])([CH3])(=[SiH2])[CH]2C=C(c3ccc(C(C)(C)C)cc3)c3ccccc32)=C1C.Cl.Cl. The molecular weight excluding hydrogens is 551 g/mol. The van der Waals surface area contributed by atoms with Gasteiger partial charge in [0.2, 0.25) is 0 Å². The van der Waals surface area contributed by atoms with E-state index in [9.17, 15) is 0 Å². The van der Waals surface area contributed by atoms with Gasteiger partial charge in [0.25, 0.3) is 0 Å². The first-order chi connectivity index (χ1) is 14.7. The molecular formula is C30H42Cl2SiZr. The number of hydrogen-bond acceptors (Lipinski definition) is 0. The first-order valence-corrected chi connectivity index (χ1v) is 25.6. The molecule has 0 N–H and O–H groups in total. The Morgan fingerprint density at radius 3 is 1.88 bits per heavy atom. The van der Waals surface area contributed by atoms with Gasteiger partial charge in [-0.05, 0) is 0 Å². The van der Waals surface area contributed by atoms with Crippen molar-refractivity contribution in [3.8, 4) is 0 Å². The third kappa shape index (κ3) is 4.70. The number of allylic oxidation sites excluding steroid dienone is 5. The van der Waals surface area contributed by atoms with E-state index in [1.165, 1.54) is 27.8 Å². The van der Waals surface area contributed by atoms with E-state index < -0.39 is 17.4 Å². The van der Waals surface area contributed by atoms with Crippen LogP contribution >= 0.6 is 24.8 Å². The molecule has 0 radical (unpaired) electrons. The fourth-order valence-electron chi connectivity index (χ4n) is 6.39. The van der Waals surface area contributed by atoms with E-state index in [0.29, 0.717) is 9.54 Å². The molecule has 184 valence electrons. The van der Waals surface area contributed by atoms with Crippen molar-refractivity contribution in [2.24, 2.45) is 5.92 Å². The summed E-state index contributed by atoms with van der Waals surface area (Å²) in [6.07, 6.45) is 2.66. The minimum Gasteiger partial charge on any atom is -0.147 e. The van der Waals surface area contributed by atoms with Crippen LogP contribution in [0.2, 0.25) is 9.26 Å². The van der Waals surface area contributed by atoms with E-state index in [2.05, 4.69) is 119 Å². The van der Waals surface area contributed by atoms with Crippen molar-refractivity contribution < 1.29 is 17.4 Å². The molecule has 0 fully saturated rings. The summed E-state index contributed by atoms with van der Waals surface area (Å²) in [7, 11) is 0. The van der Waals surface area contributed by atoms with E-state index in [1.807, 2.05) is 3.28 Å². The molecule has 2 atom stereocenters. The number of hydrogen-bond donors (Lipinski definition) is 0. The number of halogens is 2. The van der Waals surface area contributed by atoms with Gasteiger partial charge >= 0.3 is 199 Å². The van der Waals surface area contributed by atoms with Crippen molar-refractivity contribution >= 4 is 37.3 Å². The van der Waals surface area contributed by atoms with Crippen LogP contribution in [0.15, 0.2) is 74.6 Å². The summed E-state index contributed by atoms with van der Waals surface area (Å²) in [5, 5.41) is 0. The standard InChI is InChI=1S/C19H19.C9H13.2CH3.2ClH.H2Si.Zr/c1-19(2,3)16-11-8-15(9-12-16)18-13-10-14-6-4-5-7-17(14)18;1-6-5-7(2)9(4)8(6)3;;;;;;/h4-13H,1-3H3;6H,1-4H3;2*1H3;2*1H;1H2;. The maximum Gasteiger partial charge on any atom is -0.147 e. The molecule has 0 aliphatic heterocycles. The normalized spacial score (nSPS) is 20.6. The Hall–Kier alpha value is -0.660. The summed E-state index contributed by atoms with van der Waals surface area (Å²) in [4.78, 5) is 0. The molecule has 0 nitrogen and oxygen atoms in total. The molecule has 2 aromatic rings. The van der Waals surface area contributed by atoms with Gasteiger partial charge in [-0.15, -0.1) is 24.8 Å².